The zero-order chi connectivity index (χ0) is 23.6. The number of pyridine rings is 1. The number of aromatic nitrogens is 1. The number of nitrogens with one attached hydrogen (secondary N) is 1. The number of fused-ring (bicyclic) bond motifs is 1. The quantitative estimate of drug-likeness (QED) is 0.645. The Balaban J connectivity index is 2.33. The molecule has 32 heavy (non-hydrogen) atoms. The van der Waals surface area contributed by atoms with E-state index >= 15 is 0 Å². The molecule has 2 aromatic rings. The number of likely N-dealkylation sites (N-methyl/N-ethyl adjacent to an activating group) is 1. The SMILES string of the molecule is COc1cc(OC)c([C@@H]2C(C#N)=C(N)Oc3cc(C)n(CC[NH+](C)C)c(=O)c32)cc1OC. The van der Waals surface area contributed by atoms with Crippen molar-refractivity contribution in [2.24, 2.45) is 5.73 Å². The number of aryl methyl sites for hydroxylation is 1. The van der Waals surface area contributed by atoms with Crippen molar-refractivity contribution in [1.29, 1.82) is 5.26 Å². The Hall–Kier alpha value is -3.64. The summed E-state index contributed by atoms with van der Waals surface area (Å²) in [6.07, 6.45) is 0. The van der Waals surface area contributed by atoms with Gasteiger partial charge < -0.3 is 34.1 Å². The smallest absolute Gasteiger partial charge is 0.258 e. The standard InChI is InChI=1S/C23H28N4O5/c1-13-9-19-21(23(28)27(13)8-7-26(2)3)20(15(12-24)22(25)32-19)14-10-17(30-5)18(31-6)11-16(14)29-4/h9-11,20H,7-8,25H2,1-6H3/p+1/t20-/m1/s1. The molecule has 1 atom stereocenters. The first-order chi connectivity index (χ1) is 15.3. The summed E-state index contributed by atoms with van der Waals surface area (Å²) in [5.74, 6) is 0.840. The molecule has 0 saturated heterocycles. The molecule has 9 heteroatoms. The lowest BCUT2D eigenvalue weighted by molar-refractivity contribution is -0.858. The molecule has 0 bridgehead atoms. The lowest BCUT2D eigenvalue weighted by atomic mass is 9.83. The maximum absolute atomic E-state index is 13.7. The number of nitriles is 1. The molecule has 9 nitrogen and oxygen atoms in total. The van der Waals surface area contributed by atoms with Crippen molar-refractivity contribution >= 4 is 0 Å². The highest BCUT2D eigenvalue weighted by atomic mass is 16.5. The molecule has 0 amide bonds. The average Bonchev–Trinajstić information content (AvgIpc) is 2.76. The maximum Gasteiger partial charge on any atom is 0.258 e. The van der Waals surface area contributed by atoms with E-state index in [1.165, 1.54) is 26.2 Å². The van der Waals surface area contributed by atoms with E-state index in [9.17, 15) is 10.1 Å². The molecule has 0 unspecified atom stereocenters. The van der Waals surface area contributed by atoms with Crippen LogP contribution in [0, 0.1) is 18.3 Å². The van der Waals surface area contributed by atoms with Crippen LogP contribution in [-0.2, 0) is 6.54 Å². The second-order valence-electron chi connectivity index (χ2n) is 7.85. The van der Waals surface area contributed by atoms with Gasteiger partial charge in [-0.3, -0.25) is 4.79 Å². The van der Waals surface area contributed by atoms with Gasteiger partial charge in [-0.05, 0) is 13.0 Å². The van der Waals surface area contributed by atoms with Crippen molar-refractivity contribution in [3.8, 4) is 29.1 Å². The fraction of sp³-hybridized carbons (Fsp3) is 0.391. The van der Waals surface area contributed by atoms with Gasteiger partial charge in [0, 0.05) is 23.4 Å². The third-order valence-corrected chi connectivity index (χ3v) is 5.57. The molecule has 3 N–H and O–H groups in total. The second-order valence-corrected chi connectivity index (χ2v) is 7.85. The molecule has 0 spiro atoms. The molecule has 0 radical (unpaired) electrons. The highest BCUT2D eigenvalue weighted by Crippen LogP contribution is 2.46. The predicted octanol–water partition coefficient (Wildman–Crippen LogP) is 0.545. The third kappa shape index (κ3) is 3.97. The summed E-state index contributed by atoms with van der Waals surface area (Å²) >= 11 is 0. The second kappa shape index (κ2) is 9.24. The summed E-state index contributed by atoms with van der Waals surface area (Å²) in [5, 5.41) is 9.92. The third-order valence-electron chi connectivity index (χ3n) is 5.57. The van der Waals surface area contributed by atoms with Crippen molar-refractivity contribution in [3.05, 3.63) is 56.8 Å². The summed E-state index contributed by atoms with van der Waals surface area (Å²) in [5.41, 5.74) is 7.65. The Kier molecular flexibility index (Phi) is 6.65. The highest BCUT2D eigenvalue weighted by molar-refractivity contribution is 5.61. The first kappa shape index (κ1) is 23.0. The van der Waals surface area contributed by atoms with E-state index < -0.39 is 5.92 Å². The van der Waals surface area contributed by atoms with Gasteiger partial charge >= 0.3 is 0 Å². The van der Waals surface area contributed by atoms with Crippen LogP contribution < -0.4 is 35.1 Å². The van der Waals surface area contributed by atoms with Crippen molar-refractivity contribution in [1.82, 2.24) is 4.57 Å². The van der Waals surface area contributed by atoms with Crippen LogP contribution in [0.5, 0.6) is 23.0 Å². The number of hydrogen-bond acceptors (Lipinski definition) is 7. The predicted molar refractivity (Wildman–Crippen MR) is 119 cm³/mol. The average molecular weight is 442 g/mol. The number of rotatable bonds is 7. The van der Waals surface area contributed by atoms with E-state index in [1.807, 2.05) is 21.0 Å². The van der Waals surface area contributed by atoms with Gasteiger partial charge in [0.2, 0.25) is 5.88 Å². The highest BCUT2D eigenvalue weighted by Gasteiger charge is 2.36. The van der Waals surface area contributed by atoms with E-state index in [2.05, 4.69) is 6.07 Å². The van der Waals surface area contributed by atoms with E-state index in [0.717, 1.165) is 12.2 Å². The molecule has 1 aliphatic heterocycles. The first-order valence-electron chi connectivity index (χ1n) is 10.2. The Labute approximate surface area is 187 Å². The fourth-order valence-corrected chi connectivity index (χ4v) is 3.89. The Morgan fingerprint density at radius 1 is 1.12 bits per heavy atom. The molecule has 0 fully saturated rings. The van der Waals surface area contributed by atoms with Crippen LogP contribution in [0.1, 0.15) is 22.7 Å². The van der Waals surface area contributed by atoms with Crippen LogP contribution in [0.15, 0.2) is 34.4 Å². The number of benzene rings is 1. The zero-order valence-corrected chi connectivity index (χ0v) is 19.2. The fourth-order valence-electron chi connectivity index (χ4n) is 3.89. The van der Waals surface area contributed by atoms with Crippen molar-refractivity contribution in [3.63, 3.8) is 0 Å². The molecule has 1 aromatic heterocycles. The number of hydrogen-bond donors (Lipinski definition) is 2. The maximum atomic E-state index is 13.7. The molecular weight excluding hydrogens is 412 g/mol. The number of quaternary nitrogens is 1. The largest absolute Gasteiger partial charge is 0.496 e. The molecule has 0 saturated carbocycles. The topological polar surface area (TPSA) is 113 Å². The van der Waals surface area contributed by atoms with Crippen LogP contribution in [-0.4, -0.2) is 46.5 Å². The van der Waals surface area contributed by atoms with Gasteiger partial charge in [-0.15, -0.1) is 0 Å². The van der Waals surface area contributed by atoms with Crippen LogP contribution in [0.2, 0.25) is 0 Å². The normalized spacial score (nSPS) is 15.1. The molecule has 2 heterocycles. The van der Waals surface area contributed by atoms with Crippen LogP contribution >= 0.6 is 0 Å². The van der Waals surface area contributed by atoms with E-state index in [1.54, 1.807) is 22.8 Å². The lowest BCUT2D eigenvalue weighted by Crippen LogP contribution is -3.06. The number of nitrogens with zero attached hydrogens (tertiary/aromatic N) is 2. The number of ether oxygens (including phenoxy) is 4. The molecular formula is C23H29N4O5+. The van der Waals surface area contributed by atoms with Crippen molar-refractivity contribution in [2.75, 3.05) is 42.0 Å². The first-order valence-corrected chi connectivity index (χ1v) is 10.2. The van der Waals surface area contributed by atoms with E-state index in [0.29, 0.717) is 40.7 Å². The number of methoxy groups -OCH3 is 3. The summed E-state index contributed by atoms with van der Waals surface area (Å²) in [6, 6.07) is 7.27. The molecule has 1 aromatic carbocycles. The Morgan fingerprint density at radius 3 is 2.31 bits per heavy atom. The minimum Gasteiger partial charge on any atom is -0.496 e. The molecule has 0 aliphatic carbocycles. The summed E-state index contributed by atoms with van der Waals surface area (Å²) in [4.78, 5) is 14.9. The van der Waals surface area contributed by atoms with Crippen LogP contribution in [0.4, 0.5) is 0 Å². The van der Waals surface area contributed by atoms with Crippen LogP contribution in [0.3, 0.4) is 0 Å². The van der Waals surface area contributed by atoms with Gasteiger partial charge in [0.1, 0.15) is 23.1 Å². The Bertz CT molecular complexity index is 1160. The van der Waals surface area contributed by atoms with Crippen LogP contribution in [0.25, 0.3) is 0 Å². The van der Waals surface area contributed by atoms with Gasteiger partial charge in [-0.1, -0.05) is 0 Å². The number of nitrogens with two attached hydrogens (primary N) is 1. The minimum absolute atomic E-state index is 0.0453. The van der Waals surface area contributed by atoms with Crippen molar-refractivity contribution in [2.45, 2.75) is 19.4 Å². The van der Waals surface area contributed by atoms with Gasteiger partial charge in [0.05, 0.1) is 60.0 Å². The lowest BCUT2D eigenvalue weighted by Gasteiger charge is -2.28. The molecule has 3 rings (SSSR count). The summed E-state index contributed by atoms with van der Waals surface area (Å²) in [7, 11) is 8.60. The molecule has 1 aliphatic rings. The van der Waals surface area contributed by atoms with Crippen molar-refractivity contribution < 1.29 is 23.8 Å². The minimum atomic E-state index is -0.787. The van der Waals surface area contributed by atoms with Gasteiger partial charge in [-0.2, -0.15) is 5.26 Å². The summed E-state index contributed by atoms with van der Waals surface area (Å²) in [6.45, 7) is 3.13. The van der Waals surface area contributed by atoms with Gasteiger partial charge in [-0.25, -0.2) is 0 Å². The zero-order valence-electron chi connectivity index (χ0n) is 19.2. The van der Waals surface area contributed by atoms with Gasteiger partial charge in [0.15, 0.2) is 11.5 Å². The van der Waals surface area contributed by atoms with Gasteiger partial charge in [0.25, 0.3) is 5.56 Å². The summed E-state index contributed by atoms with van der Waals surface area (Å²) < 4.78 is 23.9. The van der Waals surface area contributed by atoms with E-state index in [4.69, 9.17) is 24.7 Å². The number of allylic oxidation sites excluding steroid dienone is 1. The Morgan fingerprint density at radius 2 is 1.75 bits per heavy atom. The van der Waals surface area contributed by atoms with E-state index in [-0.39, 0.29) is 17.0 Å². The molecule has 170 valence electrons. The monoisotopic (exact) mass is 441 g/mol.